The van der Waals surface area contributed by atoms with Gasteiger partial charge in [-0.25, -0.2) is 9.59 Å². The van der Waals surface area contributed by atoms with Crippen molar-refractivity contribution >= 4 is 33.8 Å². The smallest absolute Gasteiger partial charge is 0.407 e. The van der Waals surface area contributed by atoms with E-state index in [1.165, 1.54) is 18.2 Å². The van der Waals surface area contributed by atoms with E-state index in [2.05, 4.69) is 26.6 Å². The Morgan fingerprint density at radius 1 is 1.03 bits per heavy atom. The average Bonchev–Trinajstić information content (AvgIpc) is 2.75. The predicted octanol–water partition coefficient (Wildman–Crippen LogP) is 5.33. The summed E-state index contributed by atoms with van der Waals surface area (Å²) in [6, 6.07) is 12.0. The zero-order chi connectivity index (χ0) is 26.2. The fourth-order valence-corrected chi connectivity index (χ4v) is 3.55. The molecule has 0 spiro atoms. The van der Waals surface area contributed by atoms with E-state index in [1.807, 2.05) is 30.3 Å². The zero-order valence-corrected chi connectivity index (χ0v) is 21.8. The number of benzene rings is 2. The van der Waals surface area contributed by atoms with Crippen molar-refractivity contribution in [2.75, 3.05) is 0 Å². The maximum absolute atomic E-state index is 12.4. The van der Waals surface area contributed by atoms with Crippen molar-refractivity contribution in [1.82, 2.24) is 10.6 Å². The highest BCUT2D eigenvalue weighted by atomic mass is 79.9. The molecule has 35 heavy (non-hydrogen) atoms. The van der Waals surface area contributed by atoms with E-state index in [0.29, 0.717) is 10.2 Å². The van der Waals surface area contributed by atoms with Gasteiger partial charge in [0.25, 0.3) is 5.69 Å². The third kappa shape index (κ3) is 9.44. The van der Waals surface area contributed by atoms with Crippen molar-refractivity contribution in [2.45, 2.75) is 65.0 Å². The van der Waals surface area contributed by atoms with E-state index in [4.69, 9.17) is 14.2 Å². The van der Waals surface area contributed by atoms with Gasteiger partial charge >= 0.3 is 12.2 Å². The van der Waals surface area contributed by atoms with Crippen LogP contribution in [0.2, 0.25) is 0 Å². The Bertz CT molecular complexity index is 1030. The normalized spacial score (nSPS) is 13.7. The van der Waals surface area contributed by atoms with E-state index in [9.17, 15) is 19.7 Å². The molecule has 2 rings (SSSR count). The van der Waals surface area contributed by atoms with Crippen LogP contribution in [-0.4, -0.2) is 40.9 Å². The number of rotatable bonds is 9. The molecule has 0 bridgehead atoms. The second-order valence-electron chi connectivity index (χ2n) is 8.88. The molecular formula is C24H30BrN3O7. The van der Waals surface area contributed by atoms with Crippen molar-refractivity contribution in [3.8, 4) is 5.75 Å². The van der Waals surface area contributed by atoms with E-state index in [-0.39, 0.29) is 12.3 Å². The standard InChI is InChI=1S/C24H30BrN3O7/c1-15(26-22(29)33-14-17-9-7-6-8-10-17)21(16(2)27-23(30)35-24(3,4)5)34-20-12-11-18(28(31)32)13-19(20)25/h6-13,15-16,21H,14H2,1-5H3,(H,26,29)(H,27,30)/t15-,16+,21-/m0/s1. The molecule has 0 saturated heterocycles. The first-order chi connectivity index (χ1) is 16.4. The van der Waals surface area contributed by atoms with E-state index in [0.717, 1.165) is 5.56 Å². The number of hydrogen-bond acceptors (Lipinski definition) is 7. The van der Waals surface area contributed by atoms with Crippen molar-refractivity contribution in [3.05, 3.63) is 68.7 Å². The molecular weight excluding hydrogens is 522 g/mol. The SMILES string of the molecule is C[C@H](NC(=O)OCc1ccccc1)[C@H](Oc1ccc([N+](=O)[O-])cc1Br)[C@@H](C)NC(=O)OC(C)(C)C. The maximum Gasteiger partial charge on any atom is 0.407 e. The fourth-order valence-electron chi connectivity index (χ4n) is 3.09. The van der Waals surface area contributed by atoms with Gasteiger partial charge in [0.2, 0.25) is 0 Å². The summed E-state index contributed by atoms with van der Waals surface area (Å²) in [5.74, 6) is 0.296. The Balaban J connectivity index is 2.15. The highest BCUT2D eigenvalue weighted by Crippen LogP contribution is 2.30. The molecule has 0 unspecified atom stereocenters. The number of ether oxygens (including phenoxy) is 3. The van der Waals surface area contributed by atoms with Crippen LogP contribution < -0.4 is 15.4 Å². The number of carbonyl (C=O) groups is 2. The number of hydrogen-bond donors (Lipinski definition) is 2. The highest BCUT2D eigenvalue weighted by molar-refractivity contribution is 9.10. The summed E-state index contributed by atoms with van der Waals surface area (Å²) in [6.07, 6.45) is -2.10. The third-order valence-corrected chi connectivity index (χ3v) is 5.30. The van der Waals surface area contributed by atoms with Gasteiger partial charge in [-0.15, -0.1) is 0 Å². The largest absolute Gasteiger partial charge is 0.485 e. The van der Waals surface area contributed by atoms with Gasteiger partial charge in [0, 0.05) is 12.1 Å². The molecule has 0 aliphatic carbocycles. The Kier molecular flexibility index (Phi) is 9.88. The van der Waals surface area contributed by atoms with Gasteiger partial charge in [-0.05, 0) is 62.2 Å². The summed E-state index contributed by atoms with van der Waals surface area (Å²) in [6.45, 7) is 8.71. The first kappa shape index (κ1) is 27.9. The van der Waals surface area contributed by atoms with Gasteiger partial charge < -0.3 is 24.8 Å². The van der Waals surface area contributed by atoms with Gasteiger partial charge in [-0.3, -0.25) is 10.1 Å². The number of alkyl carbamates (subject to hydrolysis) is 2. The molecule has 0 aromatic heterocycles. The number of amides is 2. The molecule has 0 heterocycles. The molecule has 0 aliphatic rings. The lowest BCUT2D eigenvalue weighted by Gasteiger charge is -2.32. The number of halogens is 1. The Hall–Kier alpha value is -3.34. The Morgan fingerprint density at radius 3 is 2.17 bits per heavy atom. The summed E-state index contributed by atoms with van der Waals surface area (Å²) in [7, 11) is 0. The molecule has 2 aromatic carbocycles. The van der Waals surface area contributed by atoms with Crippen LogP contribution in [-0.2, 0) is 16.1 Å². The number of nitro benzene ring substituents is 1. The number of nitrogens with one attached hydrogen (secondary N) is 2. The molecule has 2 amide bonds. The van der Waals surface area contributed by atoms with Crippen molar-refractivity contribution in [1.29, 1.82) is 0 Å². The number of carbonyl (C=O) groups excluding carboxylic acids is 2. The van der Waals surface area contributed by atoms with Gasteiger partial charge in [-0.2, -0.15) is 0 Å². The number of nitrogens with zero attached hydrogens (tertiary/aromatic N) is 1. The van der Waals surface area contributed by atoms with Crippen LogP contribution in [0, 0.1) is 10.1 Å². The lowest BCUT2D eigenvalue weighted by Crippen LogP contribution is -2.55. The molecule has 2 aromatic rings. The third-order valence-electron chi connectivity index (χ3n) is 4.68. The van der Waals surface area contributed by atoms with Crippen LogP contribution in [0.5, 0.6) is 5.75 Å². The maximum atomic E-state index is 12.4. The monoisotopic (exact) mass is 551 g/mol. The summed E-state index contributed by atoms with van der Waals surface area (Å²) in [4.78, 5) is 35.3. The first-order valence-electron chi connectivity index (χ1n) is 10.9. The van der Waals surface area contributed by atoms with Crippen LogP contribution in [0.25, 0.3) is 0 Å². The van der Waals surface area contributed by atoms with E-state index in [1.54, 1.807) is 34.6 Å². The Labute approximate surface area is 212 Å². The summed E-state index contributed by atoms with van der Waals surface area (Å²) in [5, 5.41) is 16.5. The molecule has 11 heteroatoms. The van der Waals surface area contributed by atoms with Gasteiger partial charge in [0.1, 0.15) is 24.1 Å². The van der Waals surface area contributed by atoms with Crippen LogP contribution in [0.15, 0.2) is 53.0 Å². The quantitative estimate of drug-likeness (QED) is 0.318. The molecule has 0 fully saturated rings. The van der Waals surface area contributed by atoms with Gasteiger partial charge in [0.05, 0.1) is 21.5 Å². The minimum absolute atomic E-state index is 0.0878. The lowest BCUT2D eigenvalue weighted by atomic mass is 10.1. The average molecular weight is 552 g/mol. The number of non-ortho nitro benzene ring substituents is 1. The topological polar surface area (TPSA) is 129 Å². The highest BCUT2D eigenvalue weighted by Gasteiger charge is 2.31. The minimum Gasteiger partial charge on any atom is -0.485 e. The van der Waals surface area contributed by atoms with E-state index >= 15 is 0 Å². The second-order valence-corrected chi connectivity index (χ2v) is 9.74. The van der Waals surface area contributed by atoms with Crippen LogP contribution in [0.4, 0.5) is 15.3 Å². The molecule has 2 N–H and O–H groups in total. The second kappa shape index (κ2) is 12.4. The summed E-state index contributed by atoms with van der Waals surface area (Å²) in [5.41, 5.74) is 0.0152. The molecule has 0 saturated carbocycles. The molecule has 0 aliphatic heterocycles. The molecule has 190 valence electrons. The zero-order valence-electron chi connectivity index (χ0n) is 20.2. The lowest BCUT2D eigenvalue weighted by molar-refractivity contribution is -0.385. The van der Waals surface area contributed by atoms with Crippen molar-refractivity contribution in [3.63, 3.8) is 0 Å². The van der Waals surface area contributed by atoms with Gasteiger partial charge in [-0.1, -0.05) is 30.3 Å². The molecule has 3 atom stereocenters. The van der Waals surface area contributed by atoms with Crippen molar-refractivity contribution < 1.29 is 28.7 Å². The Morgan fingerprint density at radius 2 is 1.63 bits per heavy atom. The summed E-state index contributed by atoms with van der Waals surface area (Å²) >= 11 is 3.28. The van der Waals surface area contributed by atoms with Crippen LogP contribution in [0.3, 0.4) is 0 Å². The molecule has 0 radical (unpaired) electrons. The van der Waals surface area contributed by atoms with Crippen LogP contribution in [0.1, 0.15) is 40.2 Å². The molecule has 10 nitrogen and oxygen atoms in total. The van der Waals surface area contributed by atoms with Crippen LogP contribution >= 0.6 is 15.9 Å². The number of nitro groups is 1. The first-order valence-corrected chi connectivity index (χ1v) is 11.7. The van der Waals surface area contributed by atoms with Gasteiger partial charge in [0.15, 0.2) is 0 Å². The van der Waals surface area contributed by atoms with E-state index < -0.39 is 40.9 Å². The fraction of sp³-hybridized carbons (Fsp3) is 0.417. The van der Waals surface area contributed by atoms with Crippen molar-refractivity contribution in [2.24, 2.45) is 0 Å². The summed E-state index contributed by atoms with van der Waals surface area (Å²) < 4.78 is 17.0. The predicted molar refractivity (Wildman–Crippen MR) is 133 cm³/mol. The minimum atomic E-state index is -0.787.